The van der Waals surface area contributed by atoms with Crippen molar-refractivity contribution in [3.05, 3.63) is 75.3 Å². The molecule has 7 nitrogen and oxygen atoms in total. The van der Waals surface area contributed by atoms with Gasteiger partial charge in [0, 0.05) is 30.7 Å². The topological polar surface area (TPSA) is 82.4 Å². The number of carbonyl (C=O) groups excluding carboxylic acids is 1. The number of methoxy groups -OCH3 is 2. The molecule has 1 aromatic heterocycles. The van der Waals surface area contributed by atoms with Gasteiger partial charge in [-0.1, -0.05) is 30.0 Å². The third-order valence-electron chi connectivity index (χ3n) is 5.43. The van der Waals surface area contributed by atoms with E-state index in [9.17, 15) is 14.0 Å². The average Bonchev–Trinajstić information content (AvgIpc) is 2.80. The van der Waals surface area contributed by atoms with Crippen LogP contribution < -0.4 is 20.3 Å². The van der Waals surface area contributed by atoms with Crippen molar-refractivity contribution in [3.63, 3.8) is 0 Å². The zero-order valence-corrected chi connectivity index (χ0v) is 18.7. The van der Waals surface area contributed by atoms with Gasteiger partial charge in [0.1, 0.15) is 23.1 Å². The van der Waals surface area contributed by atoms with E-state index in [1.165, 1.54) is 24.9 Å². The number of ether oxygens (including phenoxy) is 2. The first kappa shape index (κ1) is 21.9. The third kappa shape index (κ3) is 4.08. The third-order valence-corrected chi connectivity index (χ3v) is 6.51. The summed E-state index contributed by atoms with van der Waals surface area (Å²) in [7, 11) is 4.81. The second kappa shape index (κ2) is 9.04. The van der Waals surface area contributed by atoms with E-state index in [2.05, 4.69) is 10.3 Å². The molecule has 1 amide bonds. The molecule has 0 unspecified atom stereocenters. The first-order valence-electron chi connectivity index (χ1n) is 9.91. The van der Waals surface area contributed by atoms with Crippen LogP contribution in [-0.2, 0) is 17.6 Å². The van der Waals surface area contributed by atoms with Crippen LogP contribution in [0.25, 0.3) is 0 Å². The van der Waals surface area contributed by atoms with E-state index >= 15 is 0 Å². The molecule has 9 heteroatoms. The van der Waals surface area contributed by atoms with Gasteiger partial charge >= 0.3 is 0 Å². The standard InChI is InChI=1S/C23H22FN3O4S/c1-27-21-20(22(29)26-23(27)32-12-13-6-4-5-7-17(13)24)16(11-19(28)25-21)15-10-14(30-2)8-9-18(15)31-3/h4-10,16H,11-12H2,1-3H3,(H,25,28)/t16-/m0/s1. The van der Waals surface area contributed by atoms with Gasteiger partial charge in [-0.15, -0.1) is 0 Å². The molecule has 1 atom stereocenters. The summed E-state index contributed by atoms with van der Waals surface area (Å²) in [6, 6.07) is 11.7. The molecule has 4 rings (SSSR count). The summed E-state index contributed by atoms with van der Waals surface area (Å²) in [6.45, 7) is 0. The largest absolute Gasteiger partial charge is 0.497 e. The van der Waals surface area contributed by atoms with E-state index in [0.717, 1.165) is 0 Å². The Hall–Kier alpha value is -3.33. The second-order valence-electron chi connectivity index (χ2n) is 7.31. The summed E-state index contributed by atoms with van der Waals surface area (Å²) < 4.78 is 26.5. The van der Waals surface area contributed by atoms with Crippen LogP contribution in [0.4, 0.5) is 10.2 Å². The van der Waals surface area contributed by atoms with Crippen molar-refractivity contribution in [1.82, 2.24) is 9.55 Å². The Kier molecular flexibility index (Phi) is 6.18. The number of aromatic nitrogens is 2. The Balaban J connectivity index is 1.77. The van der Waals surface area contributed by atoms with Crippen LogP contribution >= 0.6 is 11.8 Å². The highest BCUT2D eigenvalue weighted by Gasteiger charge is 2.34. The van der Waals surface area contributed by atoms with E-state index in [1.807, 2.05) is 0 Å². The van der Waals surface area contributed by atoms with E-state index in [-0.39, 0.29) is 18.1 Å². The fourth-order valence-corrected chi connectivity index (χ4v) is 4.75. The number of anilines is 1. The van der Waals surface area contributed by atoms with Crippen molar-refractivity contribution in [2.75, 3.05) is 19.5 Å². The molecule has 0 aliphatic carbocycles. The van der Waals surface area contributed by atoms with Gasteiger partial charge in [0.2, 0.25) is 5.91 Å². The van der Waals surface area contributed by atoms with E-state index < -0.39 is 11.5 Å². The minimum Gasteiger partial charge on any atom is -0.497 e. The van der Waals surface area contributed by atoms with Crippen LogP contribution in [0.2, 0.25) is 0 Å². The normalized spacial score (nSPS) is 15.1. The molecule has 1 N–H and O–H groups in total. The molecule has 0 bridgehead atoms. The Bertz CT molecular complexity index is 1240. The Morgan fingerprint density at radius 2 is 1.97 bits per heavy atom. The van der Waals surface area contributed by atoms with Gasteiger partial charge in [0.25, 0.3) is 5.56 Å². The van der Waals surface area contributed by atoms with E-state index in [1.54, 1.807) is 55.1 Å². The predicted octanol–water partition coefficient (Wildman–Crippen LogP) is 3.70. The fourth-order valence-electron chi connectivity index (χ4n) is 3.80. The Labute approximate surface area is 188 Å². The Morgan fingerprint density at radius 1 is 1.19 bits per heavy atom. The van der Waals surface area contributed by atoms with E-state index in [4.69, 9.17) is 9.47 Å². The molecule has 0 spiro atoms. The number of thioether (sulfide) groups is 1. The number of halogens is 1. The van der Waals surface area contributed by atoms with Gasteiger partial charge in [0.15, 0.2) is 5.16 Å². The summed E-state index contributed by atoms with van der Waals surface area (Å²) >= 11 is 1.23. The SMILES string of the molecule is COc1ccc(OC)c([C@@H]2CC(=O)Nc3c2c(=O)nc(SCc2ccccc2F)n3C)c1. The minimum atomic E-state index is -0.541. The number of fused-ring (bicyclic) bond motifs is 1. The van der Waals surface area contributed by atoms with Crippen LogP contribution in [0.1, 0.15) is 29.0 Å². The maximum Gasteiger partial charge on any atom is 0.279 e. The molecule has 2 aromatic carbocycles. The summed E-state index contributed by atoms with van der Waals surface area (Å²) in [5.74, 6) is 0.742. The first-order valence-corrected chi connectivity index (χ1v) is 10.9. The van der Waals surface area contributed by atoms with Crippen molar-refractivity contribution in [1.29, 1.82) is 0 Å². The molecule has 0 fully saturated rings. The number of nitrogens with zero attached hydrogens (tertiary/aromatic N) is 2. The molecular formula is C23H22FN3O4S. The number of amides is 1. The molecule has 3 aromatic rings. The zero-order valence-electron chi connectivity index (χ0n) is 17.8. The molecule has 1 aliphatic heterocycles. The summed E-state index contributed by atoms with van der Waals surface area (Å²) in [5, 5.41) is 3.19. The molecule has 2 heterocycles. The molecule has 166 valence electrons. The lowest BCUT2D eigenvalue weighted by atomic mass is 9.86. The number of rotatable bonds is 6. The molecule has 0 radical (unpaired) electrons. The van der Waals surface area contributed by atoms with Gasteiger partial charge in [-0.25, -0.2) is 4.39 Å². The van der Waals surface area contributed by atoms with Crippen molar-refractivity contribution < 1.29 is 18.7 Å². The van der Waals surface area contributed by atoms with Crippen LogP contribution in [0.15, 0.2) is 52.4 Å². The van der Waals surface area contributed by atoms with Crippen LogP contribution in [0, 0.1) is 5.82 Å². The van der Waals surface area contributed by atoms with Gasteiger partial charge in [-0.3, -0.25) is 9.59 Å². The van der Waals surface area contributed by atoms with Crippen molar-refractivity contribution >= 4 is 23.5 Å². The highest BCUT2D eigenvalue weighted by Crippen LogP contribution is 2.41. The predicted molar refractivity (Wildman–Crippen MR) is 120 cm³/mol. The summed E-state index contributed by atoms with van der Waals surface area (Å²) in [4.78, 5) is 30.0. The maximum atomic E-state index is 14.0. The number of hydrogen-bond acceptors (Lipinski definition) is 6. The lowest BCUT2D eigenvalue weighted by molar-refractivity contribution is -0.116. The van der Waals surface area contributed by atoms with Crippen molar-refractivity contribution in [3.8, 4) is 11.5 Å². The zero-order chi connectivity index (χ0) is 22.8. The van der Waals surface area contributed by atoms with Gasteiger partial charge in [0.05, 0.1) is 19.8 Å². The average molecular weight is 456 g/mol. The molecule has 32 heavy (non-hydrogen) atoms. The molecular weight excluding hydrogens is 433 g/mol. The van der Waals surface area contributed by atoms with Crippen LogP contribution in [0.5, 0.6) is 11.5 Å². The van der Waals surface area contributed by atoms with Crippen molar-refractivity contribution in [2.45, 2.75) is 23.2 Å². The lowest BCUT2D eigenvalue weighted by Gasteiger charge is -2.28. The smallest absolute Gasteiger partial charge is 0.279 e. The van der Waals surface area contributed by atoms with Gasteiger partial charge in [-0.05, 0) is 29.8 Å². The van der Waals surface area contributed by atoms with Gasteiger partial charge in [-0.2, -0.15) is 4.98 Å². The van der Waals surface area contributed by atoms with Gasteiger partial charge < -0.3 is 19.4 Å². The first-order chi connectivity index (χ1) is 15.4. The summed E-state index contributed by atoms with van der Waals surface area (Å²) in [6.07, 6.45) is 0.0785. The lowest BCUT2D eigenvalue weighted by Crippen LogP contribution is -2.33. The highest BCUT2D eigenvalue weighted by atomic mass is 32.2. The van der Waals surface area contributed by atoms with Crippen LogP contribution in [-0.4, -0.2) is 29.7 Å². The number of nitrogens with one attached hydrogen (secondary N) is 1. The van der Waals surface area contributed by atoms with Crippen molar-refractivity contribution in [2.24, 2.45) is 7.05 Å². The number of carbonyl (C=O) groups is 1. The number of benzene rings is 2. The minimum absolute atomic E-state index is 0.0785. The highest BCUT2D eigenvalue weighted by molar-refractivity contribution is 7.98. The quantitative estimate of drug-likeness (QED) is 0.451. The van der Waals surface area contributed by atoms with Crippen LogP contribution in [0.3, 0.4) is 0 Å². The summed E-state index contributed by atoms with van der Waals surface area (Å²) in [5.41, 5.74) is 1.12. The maximum absolute atomic E-state index is 14.0. The molecule has 0 saturated heterocycles. The second-order valence-corrected chi connectivity index (χ2v) is 8.26. The number of hydrogen-bond donors (Lipinski definition) is 1. The van der Waals surface area contributed by atoms with E-state index in [0.29, 0.717) is 44.9 Å². The molecule has 1 aliphatic rings. The molecule has 0 saturated carbocycles. The fraction of sp³-hybridized carbons (Fsp3) is 0.261. The Morgan fingerprint density at radius 3 is 2.69 bits per heavy atom. The monoisotopic (exact) mass is 455 g/mol.